The van der Waals surface area contributed by atoms with Crippen LogP contribution in [0.15, 0.2) is 42.5 Å². The van der Waals surface area contributed by atoms with Gasteiger partial charge in [-0.2, -0.15) is 0 Å². The summed E-state index contributed by atoms with van der Waals surface area (Å²) in [6.45, 7) is 5.88. The van der Waals surface area contributed by atoms with Crippen LogP contribution in [0, 0.1) is 0 Å². The molecule has 1 N–H and O–H groups in total. The number of ether oxygens (including phenoxy) is 3. The van der Waals surface area contributed by atoms with Crippen LogP contribution in [0.25, 0.3) is 0 Å². The number of para-hydroxylation sites is 2. The zero-order valence-electron chi connectivity index (χ0n) is 16.7. The Balaban J connectivity index is 1.19. The third kappa shape index (κ3) is 4.99. The predicted molar refractivity (Wildman–Crippen MR) is 111 cm³/mol. The minimum absolute atomic E-state index is 0.0114. The first kappa shape index (κ1) is 19.5. The molecule has 0 saturated carbocycles. The van der Waals surface area contributed by atoms with E-state index in [0.717, 1.165) is 50.8 Å². The first-order valence-corrected chi connectivity index (χ1v) is 9.97. The van der Waals surface area contributed by atoms with Crippen LogP contribution in [-0.2, 0) is 11.3 Å². The Morgan fingerprint density at radius 1 is 1.03 bits per heavy atom. The van der Waals surface area contributed by atoms with Crippen molar-refractivity contribution in [1.82, 2.24) is 9.80 Å². The van der Waals surface area contributed by atoms with E-state index in [2.05, 4.69) is 27.2 Å². The Labute approximate surface area is 171 Å². The molecule has 7 heteroatoms. The van der Waals surface area contributed by atoms with Gasteiger partial charge in [-0.3, -0.25) is 9.69 Å². The van der Waals surface area contributed by atoms with Crippen molar-refractivity contribution in [3.8, 4) is 17.2 Å². The fourth-order valence-electron chi connectivity index (χ4n) is 3.69. The smallest absolute Gasteiger partial charge is 0.231 e. The van der Waals surface area contributed by atoms with Crippen LogP contribution in [0.3, 0.4) is 0 Å². The number of rotatable bonds is 7. The molecule has 2 aliphatic heterocycles. The number of anilines is 1. The van der Waals surface area contributed by atoms with Gasteiger partial charge in [0, 0.05) is 45.7 Å². The van der Waals surface area contributed by atoms with Gasteiger partial charge >= 0.3 is 0 Å². The van der Waals surface area contributed by atoms with Gasteiger partial charge in [0.15, 0.2) is 11.5 Å². The second-order valence-electron chi connectivity index (χ2n) is 7.30. The molecule has 0 bridgehead atoms. The predicted octanol–water partition coefficient (Wildman–Crippen LogP) is 2.57. The Morgan fingerprint density at radius 2 is 1.79 bits per heavy atom. The first-order valence-electron chi connectivity index (χ1n) is 9.97. The molecule has 2 aliphatic rings. The maximum atomic E-state index is 12.3. The van der Waals surface area contributed by atoms with E-state index in [0.29, 0.717) is 24.7 Å². The van der Waals surface area contributed by atoms with Gasteiger partial charge in [0.1, 0.15) is 5.75 Å². The highest BCUT2D eigenvalue weighted by molar-refractivity contribution is 5.92. The first-order chi connectivity index (χ1) is 14.2. The molecule has 0 spiro atoms. The molecule has 29 heavy (non-hydrogen) atoms. The zero-order chi connectivity index (χ0) is 20.1. The fraction of sp³-hybridized carbons (Fsp3) is 0.409. The molecule has 1 amide bonds. The number of hydrogen-bond donors (Lipinski definition) is 1. The quantitative estimate of drug-likeness (QED) is 0.775. The van der Waals surface area contributed by atoms with Gasteiger partial charge in [-0.25, -0.2) is 0 Å². The van der Waals surface area contributed by atoms with E-state index in [9.17, 15) is 4.79 Å². The molecule has 2 aromatic carbocycles. The molecule has 2 aromatic rings. The van der Waals surface area contributed by atoms with Crippen molar-refractivity contribution in [2.45, 2.75) is 13.0 Å². The van der Waals surface area contributed by atoms with Crippen LogP contribution >= 0.6 is 0 Å². The number of methoxy groups -OCH3 is 1. The van der Waals surface area contributed by atoms with Gasteiger partial charge in [0.2, 0.25) is 12.7 Å². The van der Waals surface area contributed by atoms with E-state index in [4.69, 9.17) is 14.2 Å². The lowest BCUT2D eigenvalue weighted by atomic mass is 10.1. The maximum absolute atomic E-state index is 12.3. The van der Waals surface area contributed by atoms with E-state index in [1.54, 1.807) is 7.11 Å². The number of carbonyl (C=O) groups excluding carboxylic acids is 1. The van der Waals surface area contributed by atoms with Crippen LogP contribution in [0.4, 0.5) is 5.69 Å². The number of nitrogens with one attached hydrogen (secondary N) is 1. The van der Waals surface area contributed by atoms with Crippen molar-refractivity contribution in [3.63, 3.8) is 0 Å². The van der Waals surface area contributed by atoms with Gasteiger partial charge in [-0.15, -0.1) is 0 Å². The summed E-state index contributed by atoms with van der Waals surface area (Å²) in [5.74, 6) is 2.35. The Hall–Kier alpha value is -2.77. The monoisotopic (exact) mass is 397 g/mol. The van der Waals surface area contributed by atoms with Crippen LogP contribution in [-0.4, -0.2) is 62.3 Å². The van der Waals surface area contributed by atoms with Crippen molar-refractivity contribution >= 4 is 11.6 Å². The third-order valence-corrected chi connectivity index (χ3v) is 5.34. The zero-order valence-corrected chi connectivity index (χ0v) is 16.7. The molecule has 0 radical (unpaired) electrons. The number of nitrogens with zero attached hydrogens (tertiary/aromatic N) is 2. The number of hydrogen-bond acceptors (Lipinski definition) is 6. The lowest BCUT2D eigenvalue weighted by Gasteiger charge is -2.34. The van der Waals surface area contributed by atoms with Gasteiger partial charge in [-0.1, -0.05) is 18.2 Å². The molecule has 4 rings (SSSR count). The summed E-state index contributed by atoms with van der Waals surface area (Å²) in [6.07, 6.45) is 0.472. The van der Waals surface area contributed by atoms with E-state index in [-0.39, 0.29) is 5.91 Å². The summed E-state index contributed by atoms with van der Waals surface area (Å²) >= 11 is 0. The molecule has 2 heterocycles. The standard InChI is InChI=1S/C22H27N3O4/c1-27-19-5-3-2-4-18(19)23-22(26)8-9-24-10-12-25(13-11-24)15-17-6-7-20-21(14-17)29-16-28-20/h2-7,14H,8-13,15-16H2,1H3,(H,23,26). The number of amides is 1. The number of piperazine rings is 1. The Morgan fingerprint density at radius 3 is 2.62 bits per heavy atom. The van der Waals surface area contributed by atoms with E-state index in [1.807, 2.05) is 30.3 Å². The SMILES string of the molecule is COc1ccccc1NC(=O)CCN1CCN(Cc2ccc3c(c2)OCO3)CC1. The fourth-order valence-corrected chi connectivity index (χ4v) is 3.69. The Bertz CT molecular complexity index is 850. The summed E-state index contributed by atoms with van der Waals surface area (Å²) in [5, 5.41) is 2.94. The topological polar surface area (TPSA) is 63.3 Å². The lowest BCUT2D eigenvalue weighted by Crippen LogP contribution is -2.46. The largest absolute Gasteiger partial charge is 0.495 e. The molecular formula is C22H27N3O4. The van der Waals surface area contributed by atoms with E-state index >= 15 is 0 Å². The molecule has 0 unspecified atom stereocenters. The maximum Gasteiger partial charge on any atom is 0.231 e. The normalized spacial score (nSPS) is 16.6. The van der Waals surface area contributed by atoms with Crippen molar-refractivity contribution in [3.05, 3.63) is 48.0 Å². The van der Waals surface area contributed by atoms with Crippen molar-refractivity contribution in [2.75, 3.05) is 51.9 Å². The minimum Gasteiger partial charge on any atom is -0.495 e. The summed E-state index contributed by atoms with van der Waals surface area (Å²) < 4.78 is 16.1. The average molecular weight is 397 g/mol. The van der Waals surface area contributed by atoms with Crippen LogP contribution < -0.4 is 19.5 Å². The highest BCUT2D eigenvalue weighted by Gasteiger charge is 2.19. The summed E-state index contributed by atoms with van der Waals surface area (Å²) in [4.78, 5) is 17.1. The molecule has 154 valence electrons. The molecule has 1 saturated heterocycles. The van der Waals surface area contributed by atoms with Crippen LogP contribution in [0.1, 0.15) is 12.0 Å². The third-order valence-electron chi connectivity index (χ3n) is 5.34. The second kappa shape index (κ2) is 9.15. The van der Waals surface area contributed by atoms with Crippen LogP contribution in [0.5, 0.6) is 17.2 Å². The van der Waals surface area contributed by atoms with Crippen molar-refractivity contribution in [2.24, 2.45) is 0 Å². The molecular weight excluding hydrogens is 370 g/mol. The van der Waals surface area contributed by atoms with E-state index < -0.39 is 0 Å². The van der Waals surface area contributed by atoms with Crippen molar-refractivity contribution < 1.29 is 19.0 Å². The van der Waals surface area contributed by atoms with Gasteiger partial charge in [-0.05, 0) is 29.8 Å². The summed E-state index contributed by atoms with van der Waals surface area (Å²) in [5.41, 5.74) is 1.95. The molecule has 0 aliphatic carbocycles. The number of fused-ring (bicyclic) bond motifs is 1. The van der Waals surface area contributed by atoms with Gasteiger partial charge in [0.25, 0.3) is 0 Å². The summed E-state index contributed by atoms with van der Waals surface area (Å²) in [7, 11) is 1.61. The molecule has 7 nitrogen and oxygen atoms in total. The van der Waals surface area contributed by atoms with Gasteiger partial charge in [0.05, 0.1) is 12.8 Å². The molecule has 0 aromatic heterocycles. The second-order valence-corrected chi connectivity index (χ2v) is 7.30. The number of benzene rings is 2. The Kier molecular flexibility index (Phi) is 6.17. The van der Waals surface area contributed by atoms with E-state index in [1.165, 1.54) is 5.56 Å². The highest BCUT2D eigenvalue weighted by Crippen LogP contribution is 2.32. The molecule has 1 fully saturated rings. The molecule has 0 atom stereocenters. The highest BCUT2D eigenvalue weighted by atomic mass is 16.7. The minimum atomic E-state index is 0.0114. The van der Waals surface area contributed by atoms with Gasteiger partial charge < -0.3 is 24.4 Å². The van der Waals surface area contributed by atoms with Crippen LogP contribution in [0.2, 0.25) is 0 Å². The number of carbonyl (C=O) groups is 1. The average Bonchev–Trinajstić information content (AvgIpc) is 3.21. The summed E-state index contributed by atoms with van der Waals surface area (Å²) in [6, 6.07) is 13.6. The lowest BCUT2D eigenvalue weighted by molar-refractivity contribution is -0.116. The van der Waals surface area contributed by atoms with Crippen molar-refractivity contribution in [1.29, 1.82) is 0 Å².